The molecule has 3 nitrogen and oxygen atoms in total. The predicted molar refractivity (Wildman–Crippen MR) is 48.9 cm³/mol. The first-order valence-corrected chi connectivity index (χ1v) is 4.34. The third kappa shape index (κ3) is 2.09. The van der Waals surface area contributed by atoms with E-state index < -0.39 is 7.32 Å². The van der Waals surface area contributed by atoms with Gasteiger partial charge in [0.1, 0.15) is 0 Å². The second-order valence-electron chi connectivity index (χ2n) is 3.25. The van der Waals surface area contributed by atoms with Crippen molar-refractivity contribution in [2.75, 3.05) is 0 Å². The van der Waals surface area contributed by atoms with Gasteiger partial charge < -0.3 is 14.7 Å². The molecular formula is C9H11BO3. The molecule has 0 heterocycles. The van der Waals surface area contributed by atoms with Crippen molar-refractivity contribution in [3.63, 3.8) is 0 Å². The zero-order valence-electron chi connectivity index (χ0n) is 7.13. The topological polar surface area (TPSA) is 49.7 Å². The highest BCUT2D eigenvalue weighted by atomic mass is 16.6. The molecule has 0 radical (unpaired) electrons. The second-order valence-corrected chi connectivity index (χ2v) is 3.25. The van der Waals surface area contributed by atoms with Gasteiger partial charge in [-0.25, -0.2) is 0 Å². The van der Waals surface area contributed by atoms with E-state index in [0.29, 0.717) is 5.92 Å². The molecular weight excluding hydrogens is 167 g/mol. The Labute approximate surface area is 77.1 Å². The standard InChI is InChI=1S/C9H11BO3/c11-10(12)13-9-6-8(9)7-4-2-1-3-5-7/h1-5,8-9,11-12H,6H2. The lowest BCUT2D eigenvalue weighted by Gasteiger charge is -2.01. The molecule has 1 saturated carbocycles. The average Bonchev–Trinajstić information content (AvgIpc) is 2.84. The van der Waals surface area contributed by atoms with Crippen LogP contribution in [0.15, 0.2) is 30.3 Å². The second kappa shape index (κ2) is 3.50. The minimum Gasteiger partial charge on any atom is -0.402 e. The van der Waals surface area contributed by atoms with Crippen molar-refractivity contribution < 1.29 is 14.7 Å². The lowest BCUT2D eigenvalue weighted by Crippen LogP contribution is -2.18. The molecule has 2 N–H and O–H groups in total. The van der Waals surface area contributed by atoms with Gasteiger partial charge in [0.05, 0.1) is 6.10 Å². The van der Waals surface area contributed by atoms with Crippen LogP contribution >= 0.6 is 0 Å². The first kappa shape index (κ1) is 8.75. The third-order valence-corrected chi connectivity index (χ3v) is 2.26. The summed E-state index contributed by atoms with van der Waals surface area (Å²) < 4.78 is 4.84. The summed E-state index contributed by atoms with van der Waals surface area (Å²) in [5.41, 5.74) is 1.20. The van der Waals surface area contributed by atoms with E-state index in [-0.39, 0.29) is 6.10 Å². The average molecular weight is 178 g/mol. The molecule has 1 fully saturated rings. The Morgan fingerprint density at radius 3 is 2.54 bits per heavy atom. The van der Waals surface area contributed by atoms with E-state index in [4.69, 9.17) is 14.7 Å². The van der Waals surface area contributed by atoms with E-state index in [1.54, 1.807) is 0 Å². The maximum absolute atomic E-state index is 8.56. The van der Waals surface area contributed by atoms with Gasteiger partial charge in [0.25, 0.3) is 0 Å². The van der Waals surface area contributed by atoms with Crippen LogP contribution in [0.1, 0.15) is 17.9 Å². The molecule has 0 spiro atoms. The van der Waals surface area contributed by atoms with Gasteiger partial charge in [-0.1, -0.05) is 30.3 Å². The molecule has 1 aliphatic carbocycles. The Bertz CT molecular complexity index is 275. The largest absolute Gasteiger partial charge is 0.634 e. The van der Waals surface area contributed by atoms with Crippen LogP contribution in [0.5, 0.6) is 0 Å². The Morgan fingerprint density at radius 2 is 1.92 bits per heavy atom. The van der Waals surface area contributed by atoms with E-state index in [9.17, 15) is 0 Å². The van der Waals surface area contributed by atoms with Gasteiger partial charge in [0.2, 0.25) is 0 Å². The fourth-order valence-corrected chi connectivity index (χ4v) is 1.53. The van der Waals surface area contributed by atoms with Crippen LogP contribution in [-0.2, 0) is 4.65 Å². The first-order chi connectivity index (χ1) is 6.27. The van der Waals surface area contributed by atoms with Crippen molar-refractivity contribution in [2.24, 2.45) is 0 Å². The highest BCUT2D eigenvalue weighted by Gasteiger charge is 2.41. The van der Waals surface area contributed by atoms with Gasteiger partial charge in [-0.05, 0) is 12.0 Å². The van der Waals surface area contributed by atoms with E-state index >= 15 is 0 Å². The van der Waals surface area contributed by atoms with Crippen molar-refractivity contribution in [1.29, 1.82) is 0 Å². The summed E-state index contributed by atoms with van der Waals surface area (Å²) in [7, 11) is -1.64. The maximum atomic E-state index is 8.56. The van der Waals surface area contributed by atoms with E-state index in [1.165, 1.54) is 5.56 Å². The summed E-state index contributed by atoms with van der Waals surface area (Å²) in [4.78, 5) is 0. The van der Waals surface area contributed by atoms with Crippen LogP contribution in [0, 0.1) is 0 Å². The van der Waals surface area contributed by atoms with Gasteiger partial charge in [0, 0.05) is 5.92 Å². The van der Waals surface area contributed by atoms with Crippen molar-refractivity contribution in [1.82, 2.24) is 0 Å². The molecule has 0 saturated heterocycles. The molecule has 2 unspecified atom stereocenters. The van der Waals surface area contributed by atoms with Gasteiger partial charge in [-0.2, -0.15) is 0 Å². The van der Waals surface area contributed by atoms with Crippen LogP contribution in [0.2, 0.25) is 0 Å². The van der Waals surface area contributed by atoms with Gasteiger partial charge in [-0.15, -0.1) is 0 Å². The quantitative estimate of drug-likeness (QED) is 0.663. The summed E-state index contributed by atoms with van der Waals surface area (Å²) in [5.74, 6) is 0.336. The fourth-order valence-electron chi connectivity index (χ4n) is 1.53. The Morgan fingerprint density at radius 1 is 1.23 bits per heavy atom. The lowest BCUT2D eigenvalue weighted by atomic mass is 10.1. The summed E-state index contributed by atoms with van der Waals surface area (Å²) in [5, 5.41) is 17.1. The number of hydrogen-bond acceptors (Lipinski definition) is 3. The van der Waals surface area contributed by atoms with E-state index in [0.717, 1.165) is 6.42 Å². The molecule has 4 heteroatoms. The van der Waals surface area contributed by atoms with E-state index in [1.807, 2.05) is 30.3 Å². The SMILES string of the molecule is OB(O)OC1CC1c1ccccc1. The highest BCUT2D eigenvalue weighted by molar-refractivity contribution is 6.32. The predicted octanol–water partition coefficient (Wildman–Crippen LogP) is 0.529. The fraction of sp³-hybridized carbons (Fsp3) is 0.333. The summed E-state index contributed by atoms with van der Waals surface area (Å²) in [6.07, 6.45) is 0.851. The molecule has 0 aromatic heterocycles. The molecule has 13 heavy (non-hydrogen) atoms. The van der Waals surface area contributed by atoms with Crippen LogP contribution in [0.4, 0.5) is 0 Å². The number of benzene rings is 1. The Balaban J connectivity index is 1.93. The molecule has 0 bridgehead atoms. The lowest BCUT2D eigenvalue weighted by molar-refractivity contribution is 0.172. The summed E-state index contributed by atoms with van der Waals surface area (Å²) >= 11 is 0. The van der Waals surface area contributed by atoms with Crippen molar-refractivity contribution in [3.8, 4) is 0 Å². The van der Waals surface area contributed by atoms with Gasteiger partial charge in [-0.3, -0.25) is 0 Å². The van der Waals surface area contributed by atoms with Crippen molar-refractivity contribution in [2.45, 2.75) is 18.4 Å². The molecule has 1 aromatic carbocycles. The highest BCUT2D eigenvalue weighted by Crippen LogP contribution is 2.43. The van der Waals surface area contributed by atoms with Crippen molar-refractivity contribution in [3.05, 3.63) is 35.9 Å². The third-order valence-electron chi connectivity index (χ3n) is 2.26. The molecule has 0 amide bonds. The maximum Gasteiger partial charge on any atom is 0.634 e. The minimum atomic E-state index is -1.64. The van der Waals surface area contributed by atoms with Crippen LogP contribution < -0.4 is 0 Å². The number of hydrogen-bond donors (Lipinski definition) is 2. The van der Waals surface area contributed by atoms with Crippen LogP contribution in [0.25, 0.3) is 0 Å². The van der Waals surface area contributed by atoms with E-state index in [2.05, 4.69) is 0 Å². The molecule has 1 aromatic rings. The smallest absolute Gasteiger partial charge is 0.402 e. The number of rotatable bonds is 3. The Hall–Kier alpha value is -0.835. The summed E-state index contributed by atoms with van der Waals surface area (Å²) in [6.45, 7) is 0. The molecule has 2 atom stereocenters. The molecule has 2 rings (SSSR count). The minimum absolute atomic E-state index is 0.0256. The van der Waals surface area contributed by atoms with Crippen LogP contribution in [-0.4, -0.2) is 23.5 Å². The zero-order valence-corrected chi connectivity index (χ0v) is 7.13. The molecule has 68 valence electrons. The zero-order chi connectivity index (χ0) is 9.26. The van der Waals surface area contributed by atoms with Crippen LogP contribution in [0.3, 0.4) is 0 Å². The van der Waals surface area contributed by atoms with Crippen molar-refractivity contribution >= 4 is 7.32 Å². The monoisotopic (exact) mass is 178 g/mol. The molecule has 1 aliphatic rings. The molecule has 0 aliphatic heterocycles. The van der Waals surface area contributed by atoms with Gasteiger partial charge in [0.15, 0.2) is 0 Å². The first-order valence-electron chi connectivity index (χ1n) is 4.34. The Kier molecular flexibility index (Phi) is 2.35. The summed E-state index contributed by atoms with van der Waals surface area (Å²) in [6, 6.07) is 9.96. The normalized spacial score (nSPS) is 25.7. The van der Waals surface area contributed by atoms with Gasteiger partial charge >= 0.3 is 7.32 Å².